The number of nitrogens with zero attached hydrogens (tertiary/aromatic N) is 1. The molecule has 528 valence electrons. The number of allylic oxidation sites excluding steroid dienone is 8. The van der Waals surface area contributed by atoms with Gasteiger partial charge in [0.25, 0.3) is 0 Å². The summed E-state index contributed by atoms with van der Waals surface area (Å²) in [4.78, 5) is 37.6. The molecule has 0 N–H and O–H groups in total. The van der Waals surface area contributed by atoms with Gasteiger partial charge in [-0.2, -0.15) is 0 Å². The van der Waals surface area contributed by atoms with Crippen LogP contribution in [-0.4, -0.2) is 82.3 Å². The Kier molecular flexibility index (Phi) is 69.9. The lowest BCUT2D eigenvalue weighted by molar-refractivity contribution is -0.870. The zero-order valence-corrected chi connectivity index (χ0v) is 60.5. The van der Waals surface area contributed by atoms with E-state index in [0.717, 1.165) is 57.8 Å². The molecule has 0 fully saturated rings. The fraction of sp³-hybridized carbons (Fsp3) is 0.864. The highest BCUT2D eigenvalue weighted by Crippen LogP contribution is 2.20. The van der Waals surface area contributed by atoms with Crippen molar-refractivity contribution in [3.8, 4) is 0 Å². The van der Waals surface area contributed by atoms with Gasteiger partial charge in [-0.3, -0.25) is 9.59 Å². The van der Waals surface area contributed by atoms with Crippen LogP contribution in [0, 0.1) is 0 Å². The highest BCUT2D eigenvalue weighted by atomic mass is 16.7. The molecule has 0 aromatic rings. The van der Waals surface area contributed by atoms with Crippen LogP contribution in [-0.2, 0) is 33.3 Å². The molecule has 0 aromatic carbocycles. The van der Waals surface area contributed by atoms with E-state index in [1.807, 2.05) is 21.1 Å². The van der Waals surface area contributed by atoms with Crippen LogP contribution < -0.4 is 5.11 Å². The van der Waals surface area contributed by atoms with E-state index in [2.05, 4.69) is 62.5 Å². The number of aliphatic carboxylic acids is 1. The molecule has 0 aliphatic rings. The summed E-state index contributed by atoms with van der Waals surface area (Å²) in [5.74, 6) is -2.26. The topological polar surface area (TPSA) is 111 Å². The molecule has 0 saturated carbocycles. The van der Waals surface area contributed by atoms with Crippen molar-refractivity contribution in [2.24, 2.45) is 0 Å². The van der Waals surface area contributed by atoms with Crippen LogP contribution in [0.15, 0.2) is 48.6 Å². The van der Waals surface area contributed by atoms with Crippen molar-refractivity contribution in [3.63, 3.8) is 0 Å². The number of carboxylic acid groups (broad SMARTS) is 1. The van der Waals surface area contributed by atoms with E-state index < -0.39 is 24.3 Å². The third kappa shape index (κ3) is 72.7. The molecule has 0 amide bonds. The number of esters is 2. The molecule has 2 unspecified atom stereocenters. The SMILES string of the molecule is CC/C=C\C/C=C\C/C=C\C/C=C\CCCCCCCCCCCCCCCCC(=O)OC(COC(=O)CCCCCCCCCCCCCCCCCCCCCCCCCCCCCCCCCCCCCCCC)COC(OCC[N+](C)(C)C)C(=O)[O-]. The van der Waals surface area contributed by atoms with E-state index in [4.69, 9.17) is 18.9 Å². The van der Waals surface area contributed by atoms with Gasteiger partial charge in [0.1, 0.15) is 13.2 Å². The van der Waals surface area contributed by atoms with Gasteiger partial charge in [0, 0.05) is 12.8 Å². The number of hydrogen-bond acceptors (Lipinski definition) is 8. The normalized spacial score (nSPS) is 12.9. The van der Waals surface area contributed by atoms with Crippen molar-refractivity contribution < 1.29 is 42.9 Å². The highest BCUT2D eigenvalue weighted by Gasteiger charge is 2.22. The summed E-state index contributed by atoms with van der Waals surface area (Å²) in [6.45, 7) is 4.71. The van der Waals surface area contributed by atoms with Crippen molar-refractivity contribution in [1.82, 2.24) is 0 Å². The molecule has 0 aliphatic heterocycles. The standard InChI is InChI=1S/C81H151NO8/c1-6-8-10-12-14-16-18-20-22-24-26-28-30-32-34-35-36-37-38-39-40-41-42-43-44-46-47-49-51-53-55-57-59-61-63-65-67-69-71-78(83)88-75-77(76-89-81(80(85)86)87-74-73-82(3,4)5)90-79(84)72-70-68-66-64-62-60-58-56-54-52-50-48-45-33-31-29-27-25-23-21-19-17-15-13-11-9-7-2/h9,11,15,17,21,23,27,29,77,81H,6-8,10,12-14,16,18-20,22,24-26,28,30-76H2,1-5H3/b11-9-,17-15-,23-21-,29-27-. The van der Waals surface area contributed by atoms with Gasteiger partial charge in [-0.25, -0.2) is 0 Å². The van der Waals surface area contributed by atoms with Crippen LogP contribution in [0.1, 0.15) is 393 Å². The second-order valence-corrected chi connectivity index (χ2v) is 28.0. The Hall–Kier alpha value is -2.75. The second-order valence-electron chi connectivity index (χ2n) is 28.0. The van der Waals surface area contributed by atoms with Crippen LogP contribution in [0.2, 0.25) is 0 Å². The van der Waals surface area contributed by atoms with Gasteiger partial charge in [-0.15, -0.1) is 0 Å². The molecule has 0 aromatic heterocycles. The van der Waals surface area contributed by atoms with Crippen LogP contribution in [0.5, 0.6) is 0 Å². The third-order valence-electron chi connectivity index (χ3n) is 17.8. The summed E-state index contributed by atoms with van der Waals surface area (Å²) in [6.07, 6.45) is 91.0. The molecule has 0 heterocycles. The zero-order chi connectivity index (χ0) is 65.4. The first-order valence-corrected chi connectivity index (χ1v) is 39.3. The van der Waals surface area contributed by atoms with Crippen molar-refractivity contribution in [2.75, 3.05) is 47.5 Å². The summed E-state index contributed by atoms with van der Waals surface area (Å²) in [5.41, 5.74) is 0. The number of hydrogen-bond donors (Lipinski definition) is 0. The van der Waals surface area contributed by atoms with Gasteiger partial charge in [0.2, 0.25) is 0 Å². The van der Waals surface area contributed by atoms with Crippen molar-refractivity contribution in [2.45, 2.75) is 405 Å². The lowest BCUT2D eigenvalue weighted by atomic mass is 10.0. The molecular weight excluding hydrogens is 1110 g/mol. The van der Waals surface area contributed by atoms with Gasteiger partial charge in [0.15, 0.2) is 12.4 Å². The van der Waals surface area contributed by atoms with E-state index in [-0.39, 0.29) is 32.2 Å². The maximum Gasteiger partial charge on any atom is 0.306 e. The lowest BCUT2D eigenvalue weighted by Crippen LogP contribution is -2.44. The van der Waals surface area contributed by atoms with E-state index in [9.17, 15) is 19.5 Å². The van der Waals surface area contributed by atoms with Gasteiger partial charge >= 0.3 is 11.9 Å². The van der Waals surface area contributed by atoms with E-state index in [0.29, 0.717) is 23.9 Å². The number of ether oxygens (including phenoxy) is 4. The van der Waals surface area contributed by atoms with Crippen molar-refractivity contribution in [1.29, 1.82) is 0 Å². The molecule has 90 heavy (non-hydrogen) atoms. The fourth-order valence-electron chi connectivity index (χ4n) is 11.9. The summed E-state index contributed by atoms with van der Waals surface area (Å²) in [6, 6.07) is 0. The molecular formula is C81H151NO8. The average Bonchev–Trinajstić information content (AvgIpc) is 3.74. The molecule has 0 saturated heterocycles. The Morgan fingerprint density at radius 2 is 0.633 bits per heavy atom. The molecule has 0 rings (SSSR count). The highest BCUT2D eigenvalue weighted by molar-refractivity contribution is 5.70. The molecule has 0 spiro atoms. The Morgan fingerprint density at radius 3 is 0.944 bits per heavy atom. The fourth-order valence-corrected chi connectivity index (χ4v) is 11.9. The number of carbonyl (C=O) groups excluding carboxylic acids is 3. The van der Waals surface area contributed by atoms with Crippen LogP contribution in [0.25, 0.3) is 0 Å². The van der Waals surface area contributed by atoms with E-state index in [1.54, 1.807) is 0 Å². The van der Waals surface area contributed by atoms with Gasteiger partial charge < -0.3 is 33.3 Å². The maximum atomic E-state index is 13.0. The minimum atomic E-state index is -1.62. The smallest absolute Gasteiger partial charge is 0.306 e. The summed E-state index contributed by atoms with van der Waals surface area (Å²) < 4.78 is 22.9. The zero-order valence-electron chi connectivity index (χ0n) is 60.5. The monoisotopic (exact) mass is 1270 g/mol. The Morgan fingerprint density at radius 1 is 0.344 bits per heavy atom. The van der Waals surface area contributed by atoms with Gasteiger partial charge in [0.05, 0.1) is 40.3 Å². The molecule has 9 heteroatoms. The summed E-state index contributed by atoms with van der Waals surface area (Å²) in [7, 11) is 5.95. The Bertz CT molecular complexity index is 1620. The number of carboxylic acids is 1. The number of likely N-dealkylation sites (N-methyl/N-ethyl adjacent to an activating group) is 1. The second kappa shape index (κ2) is 72.1. The quantitative estimate of drug-likeness (QED) is 0.0195. The van der Waals surface area contributed by atoms with Gasteiger partial charge in [-0.1, -0.05) is 377 Å². The predicted molar refractivity (Wildman–Crippen MR) is 385 cm³/mol. The number of quaternary nitrogens is 1. The summed E-state index contributed by atoms with van der Waals surface area (Å²) in [5, 5.41) is 11.8. The van der Waals surface area contributed by atoms with E-state index in [1.165, 1.54) is 302 Å². The number of carbonyl (C=O) groups is 3. The van der Waals surface area contributed by atoms with Gasteiger partial charge in [-0.05, 0) is 51.4 Å². The minimum absolute atomic E-state index is 0.149. The van der Waals surface area contributed by atoms with Crippen LogP contribution >= 0.6 is 0 Å². The first-order chi connectivity index (χ1) is 44.1. The molecule has 0 bridgehead atoms. The van der Waals surface area contributed by atoms with Crippen molar-refractivity contribution >= 4 is 17.9 Å². The van der Waals surface area contributed by atoms with Crippen molar-refractivity contribution in [3.05, 3.63) is 48.6 Å². The lowest BCUT2D eigenvalue weighted by Gasteiger charge is -2.26. The largest absolute Gasteiger partial charge is 0.545 e. The van der Waals surface area contributed by atoms with Crippen LogP contribution in [0.3, 0.4) is 0 Å². The first kappa shape index (κ1) is 87.2. The average molecular weight is 1270 g/mol. The predicted octanol–water partition coefficient (Wildman–Crippen LogP) is 23.5. The molecule has 2 atom stereocenters. The Balaban J connectivity index is 3.95. The molecule has 0 aliphatic carbocycles. The first-order valence-electron chi connectivity index (χ1n) is 39.3. The molecule has 9 nitrogen and oxygen atoms in total. The summed E-state index contributed by atoms with van der Waals surface area (Å²) >= 11 is 0. The van der Waals surface area contributed by atoms with Crippen LogP contribution in [0.4, 0.5) is 0 Å². The number of rotatable bonds is 74. The minimum Gasteiger partial charge on any atom is -0.545 e. The number of unbranched alkanes of at least 4 members (excludes halogenated alkanes) is 51. The maximum absolute atomic E-state index is 13.0. The third-order valence-corrected chi connectivity index (χ3v) is 17.8. The molecule has 0 radical (unpaired) electrons. The Labute approximate surface area is 559 Å². The van der Waals surface area contributed by atoms with E-state index >= 15 is 0 Å².